The summed E-state index contributed by atoms with van der Waals surface area (Å²) in [4.78, 5) is 0. The van der Waals surface area contributed by atoms with Gasteiger partial charge in [0.05, 0.1) is 0 Å². The molecule has 0 aromatic heterocycles. The fourth-order valence-electron chi connectivity index (χ4n) is 0. The van der Waals surface area contributed by atoms with Gasteiger partial charge in [0.15, 0.2) is 0 Å². The Morgan fingerprint density at radius 1 is 1.25 bits per heavy atom. The molecule has 0 saturated heterocycles. The molecule has 0 saturated carbocycles. The van der Waals surface area contributed by atoms with Gasteiger partial charge in [-0.3, -0.25) is 0 Å². The van der Waals surface area contributed by atoms with Crippen molar-refractivity contribution in [1.82, 2.24) is 0 Å². The summed E-state index contributed by atoms with van der Waals surface area (Å²) in [5.41, 5.74) is 0. The van der Waals surface area contributed by atoms with E-state index < -0.39 is 0 Å². The van der Waals surface area contributed by atoms with Crippen molar-refractivity contribution in [3.05, 3.63) is 0 Å². The van der Waals surface area contributed by atoms with Gasteiger partial charge in [0.2, 0.25) is 10.1 Å². The van der Waals surface area contributed by atoms with Gasteiger partial charge in [-0.2, -0.15) is 0 Å². The monoisotopic (exact) mass is 184 g/mol. The Morgan fingerprint density at radius 2 is 1.25 bits per heavy atom. The summed E-state index contributed by atoms with van der Waals surface area (Å²) >= 11 is 0.300. The molecule has 0 heterocycles. The van der Waals surface area contributed by atoms with E-state index in [-0.39, 0.29) is 0 Å². The quantitative estimate of drug-likeness (QED) is 0.417. The van der Waals surface area contributed by atoms with Crippen LogP contribution in [0.2, 0.25) is 0 Å². The van der Waals surface area contributed by atoms with Crippen LogP contribution in [0.15, 0.2) is 0 Å². The van der Waals surface area contributed by atoms with Crippen LogP contribution in [0.25, 0.3) is 0 Å². The molecule has 0 aliphatic carbocycles. The summed E-state index contributed by atoms with van der Waals surface area (Å²) in [6.45, 7) is 0. The molecule has 0 radical (unpaired) electrons. The van der Waals surface area contributed by atoms with Crippen LogP contribution in [-0.4, -0.2) is 33.1 Å². The van der Waals surface area contributed by atoms with Crippen LogP contribution < -0.4 is 0 Å². The topological polar surface area (TPSA) is 34.1 Å². The summed E-state index contributed by atoms with van der Waals surface area (Å²) in [6.07, 6.45) is 0. The fraction of sp³-hybridized carbons (Fsp3) is 0. The van der Waals surface area contributed by atoms with Crippen molar-refractivity contribution in [3.8, 4) is 0 Å². The molecule has 0 aliphatic rings. The molecule has 0 N–H and O–H groups in total. The zero-order valence-corrected chi connectivity index (χ0v) is 6.29. The Morgan fingerprint density at radius 3 is 1.25 bits per heavy atom. The first-order valence-electron chi connectivity index (χ1n) is 0.493. The predicted molar refractivity (Wildman–Crippen MR) is 17.1 cm³/mol. The Labute approximate surface area is 40.9 Å². The van der Waals surface area contributed by atoms with E-state index in [2.05, 4.69) is 0 Å². The van der Waals surface area contributed by atoms with Gasteiger partial charge in [-0.15, -0.1) is 0 Å². The number of hydrogen-bond acceptors (Lipinski definition) is 2. The van der Waals surface area contributed by atoms with Crippen molar-refractivity contribution in [3.63, 3.8) is 0 Å². The Hall–Kier alpha value is 0.635. The number of rotatable bonds is 0. The summed E-state index contributed by atoms with van der Waals surface area (Å²) in [5, 5.41) is 0. The van der Waals surface area contributed by atoms with Crippen LogP contribution in [0.3, 0.4) is 0 Å². The molecule has 2 nitrogen and oxygen atoms in total. The summed E-state index contributed by atoms with van der Waals surface area (Å²) < 4.78 is 16.6. The van der Waals surface area contributed by atoms with Crippen LogP contribution in [0.1, 0.15) is 0 Å². The van der Waals surface area contributed by atoms with Crippen LogP contribution in [0.5, 0.6) is 0 Å². The van der Waals surface area contributed by atoms with Crippen molar-refractivity contribution in [1.29, 1.82) is 0 Å². The Kier molecular flexibility index (Phi) is 138. The molecule has 0 aliphatic heterocycles. The molecule has 0 bridgehead atoms. The van der Waals surface area contributed by atoms with E-state index in [4.69, 9.17) is 7.48 Å². The van der Waals surface area contributed by atoms with E-state index in [9.17, 15) is 0 Å². The second kappa shape index (κ2) is 62.6. The normalized spacial score (nSPS) is 2.00. The molecule has 4 heavy (non-hydrogen) atoms. The van der Waals surface area contributed by atoms with E-state index in [1.807, 2.05) is 0 Å². The molecule has 0 spiro atoms. The summed E-state index contributed by atoms with van der Waals surface area (Å²) in [6, 6.07) is 0. The maximum atomic E-state index is 8.34. The third-order valence-corrected chi connectivity index (χ3v) is 0. The molecule has 0 aromatic rings. The van der Waals surface area contributed by atoms with E-state index in [0.29, 0.717) is 33.1 Å². The predicted octanol–water partition coefficient (Wildman–Crippen LogP) is -1.80. The van der Waals surface area contributed by atoms with Crippen LogP contribution >= 0.6 is 0 Å². The molecular formula is H3O2SbSi. The first kappa shape index (κ1) is 8.82. The number of hydrogen-bond donors (Lipinski definition) is 0. The minimum atomic E-state index is 0.300. The SMILES string of the molecule is O=[SiH2].[O]=[SbH]. The third-order valence-electron chi connectivity index (χ3n) is 0. The van der Waals surface area contributed by atoms with E-state index in [0.717, 1.165) is 0 Å². The van der Waals surface area contributed by atoms with Crippen LogP contribution in [-0.2, 0) is 7.48 Å². The molecular weight excluding hydrogens is 182 g/mol. The Balaban J connectivity index is 0. The van der Waals surface area contributed by atoms with Gasteiger partial charge in [-0.1, -0.05) is 0 Å². The maximum absolute atomic E-state index is 8.34. The van der Waals surface area contributed by atoms with Crippen molar-refractivity contribution >= 4 is 33.1 Å². The minimum absolute atomic E-state index is 0.300. The van der Waals surface area contributed by atoms with Gasteiger partial charge < -0.3 is 4.46 Å². The summed E-state index contributed by atoms with van der Waals surface area (Å²) in [5.74, 6) is 0. The summed E-state index contributed by atoms with van der Waals surface area (Å²) in [7, 11) is 0.611. The van der Waals surface area contributed by atoms with Gasteiger partial charge >= 0.3 is 26.0 Å². The van der Waals surface area contributed by atoms with Gasteiger partial charge in [-0.05, 0) is 0 Å². The van der Waals surface area contributed by atoms with Gasteiger partial charge in [0.1, 0.15) is 0 Å². The van der Waals surface area contributed by atoms with Crippen LogP contribution in [0, 0.1) is 0 Å². The average molecular weight is 185 g/mol. The molecule has 0 fully saturated rings. The average Bonchev–Trinajstić information content (AvgIpc) is 1.50. The standard InChI is InChI=1S/H2OSi.O.Sb.H/c1-2;;;/h2H2;;;. The zero-order valence-electron chi connectivity index (χ0n) is 2.02. The molecule has 4 heteroatoms. The molecule has 0 rings (SSSR count). The second-order valence-electron chi connectivity index (χ2n) is 0. The van der Waals surface area contributed by atoms with Crippen LogP contribution in [0.4, 0.5) is 0 Å². The van der Waals surface area contributed by atoms with Gasteiger partial charge in [0.25, 0.3) is 0 Å². The van der Waals surface area contributed by atoms with E-state index >= 15 is 0 Å². The Bertz CT molecular complexity index is 8.00. The van der Waals surface area contributed by atoms with E-state index in [1.54, 1.807) is 0 Å². The first-order valence-corrected chi connectivity index (χ1v) is 2.24. The molecule has 0 aromatic carbocycles. The van der Waals surface area contributed by atoms with Crippen molar-refractivity contribution in [2.75, 3.05) is 0 Å². The van der Waals surface area contributed by atoms with Gasteiger partial charge in [0, 0.05) is 0 Å². The van der Waals surface area contributed by atoms with Crippen molar-refractivity contribution < 1.29 is 7.48 Å². The third kappa shape index (κ3) is 17.5. The zero-order chi connectivity index (χ0) is 4.00. The molecule has 0 unspecified atom stereocenters. The second-order valence-corrected chi connectivity index (χ2v) is 0. The molecule has 24 valence electrons. The van der Waals surface area contributed by atoms with Crippen molar-refractivity contribution in [2.45, 2.75) is 0 Å². The fourth-order valence-corrected chi connectivity index (χ4v) is 0. The van der Waals surface area contributed by atoms with Crippen molar-refractivity contribution in [2.24, 2.45) is 0 Å². The first-order chi connectivity index (χ1) is 2.00. The molecule has 0 atom stereocenters. The van der Waals surface area contributed by atoms with Gasteiger partial charge in [-0.25, -0.2) is 0 Å². The molecule has 0 amide bonds. The van der Waals surface area contributed by atoms with E-state index in [1.165, 1.54) is 0 Å².